The van der Waals surface area contributed by atoms with E-state index < -0.39 is 0 Å². The Bertz CT molecular complexity index is 844. The number of fused-ring (bicyclic) bond motifs is 1. The van der Waals surface area contributed by atoms with E-state index in [0.717, 1.165) is 36.8 Å². The highest BCUT2D eigenvalue weighted by Gasteiger charge is 2.57. The molecule has 6 heteroatoms. The van der Waals surface area contributed by atoms with Gasteiger partial charge in [-0.15, -0.1) is 0 Å². The van der Waals surface area contributed by atoms with Crippen LogP contribution in [0.3, 0.4) is 0 Å². The van der Waals surface area contributed by atoms with E-state index in [9.17, 15) is 4.79 Å². The molecular weight excluding hydrogens is 350 g/mol. The zero-order chi connectivity index (χ0) is 19.1. The lowest BCUT2D eigenvalue weighted by Gasteiger charge is -2.33. The molecule has 1 aromatic carbocycles. The van der Waals surface area contributed by atoms with Gasteiger partial charge in [0, 0.05) is 43.7 Å². The van der Waals surface area contributed by atoms with Gasteiger partial charge in [-0.25, -0.2) is 4.98 Å². The van der Waals surface area contributed by atoms with Crippen molar-refractivity contribution in [3.63, 3.8) is 0 Å². The SMILES string of the molecule is Cc1nc([C@]23CN(C(=O)c4ccccc4)C[C@H]2CN(C2CCCCC2)C3)n[nH]1. The zero-order valence-electron chi connectivity index (χ0n) is 16.6. The van der Waals surface area contributed by atoms with Crippen molar-refractivity contribution in [1.29, 1.82) is 0 Å². The number of H-pyrrole nitrogens is 1. The first kappa shape index (κ1) is 17.9. The fraction of sp³-hybridized carbons (Fsp3) is 0.591. The molecule has 148 valence electrons. The second-order valence-electron chi connectivity index (χ2n) is 8.87. The molecule has 1 aliphatic carbocycles. The van der Waals surface area contributed by atoms with Crippen LogP contribution in [0.15, 0.2) is 30.3 Å². The topological polar surface area (TPSA) is 65.1 Å². The van der Waals surface area contributed by atoms with E-state index >= 15 is 0 Å². The van der Waals surface area contributed by atoms with E-state index in [1.54, 1.807) is 0 Å². The van der Waals surface area contributed by atoms with Gasteiger partial charge in [0.1, 0.15) is 5.82 Å². The molecule has 3 aliphatic rings. The molecule has 2 saturated heterocycles. The number of hydrogen-bond donors (Lipinski definition) is 1. The predicted octanol–water partition coefficient (Wildman–Crippen LogP) is 2.77. The van der Waals surface area contributed by atoms with E-state index in [4.69, 9.17) is 4.98 Å². The number of aromatic nitrogens is 3. The second kappa shape index (κ2) is 6.99. The highest BCUT2D eigenvalue weighted by Crippen LogP contribution is 2.45. The first-order valence-electron chi connectivity index (χ1n) is 10.6. The van der Waals surface area contributed by atoms with Crippen LogP contribution in [0.5, 0.6) is 0 Å². The van der Waals surface area contributed by atoms with Crippen molar-refractivity contribution in [2.75, 3.05) is 26.2 Å². The Morgan fingerprint density at radius 3 is 2.61 bits per heavy atom. The van der Waals surface area contributed by atoms with Gasteiger partial charge in [0.2, 0.25) is 0 Å². The van der Waals surface area contributed by atoms with E-state index in [0.29, 0.717) is 18.5 Å². The Morgan fingerprint density at radius 2 is 1.89 bits per heavy atom. The van der Waals surface area contributed by atoms with Crippen LogP contribution in [-0.2, 0) is 5.41 Å². The summed E-state index contributed by atoms with van der Waals surface area (Å²) in [4.78, 5) is 22.6. The third kappa shape index (κ3) is 2.94. The minimum Gasteiger partial charge on any atom is -0.337 e. The molecule has 2 aromatic rings. The van der Waals surface area contributed by atoms with Crippen LogP contribution in [-0.4, -0.2) is 63.1 Å². The van der Waals surface area contributed by atoms with Crippen LogP contribution in [0.4, 0.5) is 0 Å². The molecule has 1 saturated carbocycles. The van der Waals surface area contributed by atoms with Crippen LogP contribution in [0, 0.1) is 12.8 Å². The number of carbonyl (C=O) groups is 1. The number of hydrogen-bond acceptors (Lipinski definition) is 4. The van der Waals surface area contributed by atoms with Crippen molar-refractivity contribution in [2.24, 2.45) is 5.92 Å². The third-order valence-corrected chi connectivity index (χ3v) is 7.08. The average molecular weight is 380 g/mol. The number of likely N-dealkylation sites (tertiary alicyclic amines) is 2. The van der Waals surface area contributed by atoms with Gasteiger partial charge in [-0.2, -0.15) is 5.10 Å². The largest absolute Gasteiger partial charge is 0.337 e. The Balaban J connectivity index is 1.42. The third-order valence-electron chi connectivity index (χ3n) is 7.08. The summed E-state index contributed by atoms with van der Waals surface area (Å²) in [5.41, 5.74) is 0.625. The van der Waals surface area contributed by atoms with Gasteiger partial charge in [0.25, 0.3) is 5.91 Å². The summed E-state index contributed by atoms with van der Waals surface area (Å²) in [6.07, 6.45) is 6.68. The van der Waals surface area contributed by atoms with Gasteiger partial charge < -0.3 is 4.90 Å². The summed E-state index contributed by atoms with van der Waals surface area (Å²) in [5.74, 6) is 2.28. The lowest BCUT2D eigenvalue weighted by molar-refractivity contribution is 0.0760. The summed E-state index contributed by atoms with van der Waals surface area (Å²) in [6.45, 7) is 5.49. The maximum atomic E-state index is 13.1. The Labute approximate surface area is 166 Å². The molecule has 6 nitrogen and oxygen atoms in total. The summed E-state index contributed by atoms with van der Waals surface area (Å²) in [6, 6.07) is 10.3. The summed E-state index contributed by atoms with van der Waals surface area (Å²) in [7, 11) is 0. The van der Waals surface area contributed by atoms with Gasteiger partial charge in [-0.05, 0) is 31.9 Å². The Kier molecular flexibility index (Phi) is 4.46. The van der Waals surface area contributed by atoms with Crippen molar-refractivity contribution in [1.82, 2.24) is 25.0 Å². The van der Waals surface area contributed by atoms with Crippen molar-refractivity contribution < 1.29 is 4.79 Å². The van der Waals surface area contributed by atoms with Gasteiger partial charge in [0.15, 0.2) is 5.82 Å². The number of amides is 1. The maximum Gasteiger partial charge on any atom is 0.253 e. The molecular formula is C22H29N5O. The maximum absolute atomic E-state index is 13.1. The monoisotopic (exact) mass is 379 g/mol. The fourth-order valence-electron chi connectivity index (χ4n) is 5.63. The number of nitrogens with one attached hydrogen (secondary N) is 1. The summed E-state index contributed by atoms with van der Waals surface area (Å²) < 4.78 is 0. The number of aryl methyl sites for hydroxylation is 1. The molecule has 0 radical (unpaired) electrons. The molecule has 3 heterocycles. The van der Waals surface area contributed by atoms with Crippen LogP contribution >= 0.6 is 0 Å². The fourth-order valence-corrected chi connectivity index (χ4v) is 5.63. The first-order valence-corrected chi connectivity index (χ1v) is 10.6. The first-order chi connectivity index (χ1) is 13.7. The van der Waals surface area contributed by atoms with Gasteiger partial charge >= 0.3 is 0 Å². The lowest BCUT2D eigenvalue weighted by Crippen LogP contribution is -2.43. The number of rotatable bonds is 3. The molecule has 2 aliphatic heterocycles. The Hall–Kier alpha value is -2.21. The highest BCUT2D eigenvalue weighted by molar-refractivity contribution is 5.94. The van der Waals surface area contributed by atoms with Gasteiger partial charge in [-0.1, -0.05) is 37.5 Å². The highest BCUT2D eigenvalue weighted by atomic mass is 16.2. The number of aromatic amines is 1. The molecule has 3 fully saturated rings. The van der Waals surface area contributed by atoms with E-state index in [1.807, 2.05) is 42.2 Å². The van der Waals surface area contributed by atoms with E-state index in [1.165, 1.54) is 32.1 Å². The zero-order valence-corrected chi connectivity index (χ0v) is 16.6. The van der Waals surface area contributed by atoms with Gasteiger partial charge in [-0.3, -0.25) is 14.8 Å². The standard InChI is InChI=1S/C22H29N5O/c1-16-23-21(25-24-16)22-14-26(19-10-6-3-7-11-19)12-18(22)13-27(15-22)20(28)17-8-4-2-5-9-17/h2,4-5,8-9,18-19H,3,6-7,10-15H2,1H3,(H,23,24,25)/t18-,22-/m1/s1. The van der Waals surface area contributed by atoms with E-state index in [-0.39, 0.29) is 11.3 Å². The summed E-state index contributed by atoms with van der Waals surface area (Å²) >= 11 is 0. The van der Waals surface area contributed by atoms with Crippen LogP contribution in [0.1, 0.15) is 54.1 Å². The number of benzene rings is 1. The van der Waals surface area contributed by atoms with Crippen LogP contribution < -0.4 is 0 Å². The average Bonchev–Trinajstić information content (AvgIpc) is 3.41. The molecule has 1 N–H and O–H groups in total. The van der Waals surface area contributed by atoms with Crippen molar-refractivity contribution >= 4 is 5.91 Å². The van der Waals surface area contributed by atoms with Crippen molar-refractivity contribution in [3.05, 3.63) is 47.5 Å². The van der Waals surface area contributed by atoms with E-state index in [2.05, 4.69) is 15.1 Å². The summed E-state index contributed by atoms with van der Waals surface area (Å²) in [5, 5.41) is 7.62. The molecule has 1 aromatic heterocycles. The predicted molar refractivity (Wildman–Crippen MR) is 107 cm³/mol. The second-order valence-corrected chi connectivity index (χ2v) is 8.87. The molecule has 28 heavy (non-hydrogen) atoms. The molecule has 0 spiro atoms. The normalized spacial score (nSPS) is 28.6. The van der Waals surface area contributed by atoms with Crippen molar-refractivity contribution in [3.8, 4) is 0 Å². The molecule has 5 rings (SSSR count). The van der Waals surface area contributed by atoms with Gasteiger partial charge in [0.05, 0.1) is 5.41 Å². The van der Waals surface area contributed by atoms with Crippen LogP contribution in [0.2, 0.25) is 0 Å². The molecule has 0 unspecified atom stereocenters. The Morgan fingerprint density at radius 1 is 1.11 bits per heavy atom. The number of nitrogens with zero attached hydrogens (tertiary/aromatic N) is 4. The smallest absolute Gasteiger partial charge is 0.253 e. The van der Waals surface area contributed by atoms with Crippen LogP contribution in [0.25, 0.3) is 0 Å². The quantitative estimate of drug-likeness (QED) is 0.891. The molecule has 0 bridgehead atoms. The number of carbonyl (C=O) groups excluding carboxylic acids is 1. The lowest BCUT2D eigenvalue weighted by atomic mass is 9.80. The minimum atomic E-state index is -0.146. The molecule has 1 amide bonds. The molecule has 2 atom stereocenters. The van der Waals surface area contributed by atoms with Crippen molar-refractivity contribution in [2.45, 2.75) is 50.5 Å². The minimum absolute atomic E-state index is 0.130.